The van der Waals surface area contributed by atoms with Gasteiger partial charge in [0.2, 0.25) is 0 Å². The number of aliphatic hydroxyl groups is 1. The molecule has 0 saturated carbocycles. The number of hydrogen-bond donors (Lipinski definition) is 2. The minimum Gasteiger partial charge on any atom is -0.480 e. The maximum absolute atomic E-state index is 11.1. The molecule has 1 aliphatic rings. The van der Waals surface area contributed by atoms with E-state index < -0.39 is 18.1 Å². The Morgan fingerprint density at radius 1 is 1.58 bits per heavy atom. The van der Waals surface area contributed by atoms with Gasteiger partial charge in [0.1, 0.15) is 6.04 Å². The summed E-state index contributed by atoms with van der Waals surface area (Å²) in [5, 5.41) is 19.8. The number of carboxylic acids is 1. The second-order valence-electron chi connectivity index (χ2n) is 6.05. The first-order valence-corrected chi connectivity index (χ1v) is 7.19. The number of β-amino-alcohol motifs (C(OH)–C–C–N with tert-alkyl or cyclic N) is 1. The van der Waals surface area contributed by atoms with Crippen LogP contribution in [0.5, 0.6) is 0 Å². The average Bonchev–Trinajstić information content (AvgIpc) is 2.85. The fraction of sp³-hybridized carbons (Fsp3) is 0.692. The van der Waals surface area contributed by atoms with Crippen molar-refractivity contribution in [3.05, 3.63) is 16.1 Å². The van der Waals surface area contributed by atoms with Crippen LogP contribution < -0.4 is 0 Å². The molecule has 2 rings (SSSR count). The van der Waals surface area contributed by atoms with E-state index in [4.69, 9.17) is 5.11 Å². The molecule has 0 bridgehead atoms. The number of carbonyl (C=O) groups is 1. The average molecular weight is 284 g/mol. The first-order valence-electron chi connectivity index (χ1n) is 6.37. The molecule has 0 amide bonds. The van der Waals surface area contributed by atoms with E-state index in [1.165, 1.54) is 0 Å². The summed E-state index contributed by atoms with van der Waals surface area (Å²) in [6, 6.07) is -0.588. The minimum absolute atomic E-state index is 0.0135. The van der Waals surface area contributed by atoms with Gasteiger partial charge < -0.3 is 10.2 Å². The molecule has 2 heterocycles. The summed E-state index contributed by atoms with van der Waals surface area (Å²) in [6.45, 7) is 7.28. The molecule has 0 radical (unpaired) electrons. The SMILES string of the molecule is CC(C)(C)c1ncc(CN2C[C@H](O)C[C@H]2C(=O)O)s1. The molecule has 0 aromatic carbocycles. The predicted molar refractivity (Wildman–Crippen MR) is 73.3 cm³/mol. The van der Waals surface area contributed by atoms with Gasteiger partial charge in [0, 0.05) is 36.0 Å². The second kappa shape index (κ2) is 5.19. The summed E-state index contributed by atoms with van der Waals surface area (Å²) in [6.07, 6.45) is 1.57. The second-order valence-corrected chi connectivity index (χ2v) is 7.17. The van der Waals surface area contributed by atoms with Gasteiger partial charge >= 0.3 is 5.97 Å². The summed E-state index contributed by atoms with van der Waals surface area (Å²) in [5.74, 6) is -0.864. The Bertz CT molecular complexity index is 467. The van der Waals surface area contributed by atoms with Gasteiger partial charge in [0.05, 0.1) is 11.1 Å². The van der Waals surface area contributed by atoms with Crippen LogP contribution in [0.2, 0.25) is 0 Å². The zero-order valence-electron chi connectivity index (χ0n) is 11.5. The van der Waals surface area contributed by atoms with Crippen molar-refractivity contribution in [3.63, 3.8) is 0 Å². The fourth-order valence-electron chi connectivity index (χ4n) is 2.24. The lowest BCUT2D eigenvalue weighted by Gasteiger charge is -2.19. The van der Waals surface area contributed by atoms with Crippen molar-refractivity contribution in [1.82, 2.24) is 9.88 Å². The van der Waals surface area contributed by atoms with Gasteiger partial charge in [-0.3, -0.25) is 9.69 Å². The number of carboxylic acid groups (broad SMARTS) is 1. The molecule has 1 fully saturated rings. The van der Waals surface area contributed by atoms with E-state index in [2.05, 4.69) is 25.8 Å². The summed E-state index contributed by atoms with van der Waals surface area (Å²) < 4.78 is 0. The van der Waals surface area contributed by atoms with Gasteiger partial charge in [-0.05, 0) is 0 Å². The number of likely N-dealkylation sites (tertiary alicyclic amines) is 1. The third-order valence-corrected chi connectivity index (χ3v) is 4.63. The largest absolute Gasteiger partial charge is 0.480 e. The van der Waals surface area contributed by atoms with E-state index in [9.17, 15) is 9.90 Å². The van der Waals surface area contributed by atoms with E-state index in [1.54, 1.807) is 11.3 Å². The minimum atomic E-state index is -0.864. The Balaban J connectivity index is 2.08. The van der Waals surface area contributed by atoms with E-state index in [0.29, 0.717) is 19.5 Å². The standard InChI is InChI=1S/C13H20N2O3S/c1-13(2,3)12-14-5-9(19-12)7-15-6-8(16)4-10(15)11(17)18/h5,8,10,16H,4,6-7H2,1-3H3,(H,17,18)/t8-,10+/m1/s1. The van der Waals surface area contributed by atoms with E-state index in [0.717, 1.165) is 9.88 Å². The molecule has 2 atom stereocenters. The quantitative estimate of drug-likeness (QED) is 0.879. The van der Waals surface area contributed by atoms with Gasteiger partial charge in [-0.25, -0.2) is 4.98 Å². The monoisotopic (exact) mass is 284 g/mol. The number of hydrogen-bond acceptors (Lipinski definition) is 5. The van der Waals surface area contributed by atoms with Crippen LogP contribution in [-0.4, -0.2) is 44.8 Å². The van der Waals surface area contributed by atoms with E-state index in [1.807, 2.05) is 11.1 Å². The first-order chi connectivity index (χ1) is 8.77. The number of aliphatic hydroxyl groups excluding tert-OH is 1. The highest BCUT2D eigenvalue weighted by atomic mass is 32.1. The van der Waals surface area contributed by atoms with Crippen molar-refractivity contribution in [3.8, 4) is 0 Å². The van der Waals surface area contributed by atoms with Gasteiger partial charge in [0.25, 0.3) is 0 Å². The topological polar surface area (TPSA) is 73.7 Å². The highest BCUT2D eigenvalue weighted by Gasteiger charge is 2.36. The summed E-state index contributed by atoms with van der Waals surface area (Å²) in [5.41, 5.74) is 0.0135. The van der Waals surface area contributed by atoms with Gasteiger partial charge in [-0.2, -0.15) is 0 Å². The molecule has 6 heteroatoms. The third kappa shape index (κ3) is 3.32. The number of rotatable bonds is 3. The molecule has 0 aliphatic carbocycles. The maximum Gasteiger partial charge on any atom is 0.321 e. The lowest BCUT2D eigenvalue weighted by Crippen LogP contribution is -2.35. The van der Waals surface area contributed by atoms with Crippen molar-refractivity contribution in [2.24, 2.45) is 0 Å². The summed E-state index contributed by atoms with van der Waals surface area (Å²) >= 11 is 1.61. The zero-order chi connectivity index (χ0) is 14.2. The van der Waals surface area contributed by atoms with E-state index >= 15 is 0 Å². The lowest BCUT2D eigenvalue weighted by molar-refractivity contribution is -0.142. The molecular formula is C13H20N2O3S. The predicted octanol–water partition coefficient (Wildman–Crippen LogP) is 1.46. The number of nitrogens with zero attached hydrogens (tertiary/aromatic N) is 2. The van der Waals surface area contributed by atoms with Crippen LogP contribution >= 0.6 is 11.3 Å². The van der Waals surface area contributed by atoms with Crippen LogP contribution in [0.3, 0.4) is 0 Å². The van der Waals surface area contributed by atoms with Crippen LogP contribution in [-0.2, 0) is 16.8 Å². The van der Waals surface area contributed by atoms with Crippen molar-refractivity contribution >= 4 is 17.3 Å². The molecular weight excluding hydrogens is 264 g/mol. The Labute approximate surface area is 116 Å². The molecule has 1 aromatic heterocycles. The van der Waals surface area contributed by atoms with Crippen molar-refractivity contribution in [1.29, 1.82) is 0 Å². The Morgan fingerprint density at radius 2 is 2.26 bits per heavy atom. The summed E-state index contributed by atoms with van der Waals surface area (Å²) in [7, 11) is 0. The molecule has 2 N–H and O–H groups in total. The van der Waals surface area contributed by atoms with Crippen molar-refractivity contribution in [2.75, 3.05) is 6.54 Å². The Hall–Kier alpha value is -0.980. The zero-order valence-corrected chi connectivity index (χ0v) is 12.3. The molecule has 0 unspecified atom stereocenters. The van der Waals surface area contributed by atoms with Crippen LogP contribution in [0.4, 0.5) is 0 Å². The molecule has 1 aromatic rings. The number of aliphatic carboxylic acids is 1. The van der Waals surface area contributed by atoms with Gasteiger partial charge in [-0.15, -0.1) is 11.3 Å². The smallest absolute Gasteiger partial charge is 0.321 e. The fourth-order valence-corrected chi connectivity index (χ4v) is 3.23. The van der Waals surface area contributed by atoms with Crippen molar-refractivity contribution in [2.45, 2.75) is 51.3 Å². The van der Waals surface area contributed by atoms with Gasteiger partial charge in [-0.1, -0.05) is 20.8 Å². The Kier molecular flexibility index (Phi) is 3.94. The molecule has 1 aliphatic heterocycles. The van der Waals surface area contributed by atoms with Crippen molar-refractivity contribution < 1.29 is 15.0 Å². The summed E-state index contributed by atoms with van der Waals surface area (Å²) in [4.78, 5) is 18.4. The third-order valence-electron chi connectivity index (χ3n) is 3.22. The molecule has 5 nitrogen and oxygen atoms in total. The van der Waals surface area contributed by atoms with Gasteiger partial charge in [0.15, 0.2) is 0 Å². The van der Waals surface area contributed by atoms with E-state index in [-0.39, 0.29) is 5.41 Å². The van der Waals surface area contributed by atoms with Crippen LogP contribution in [0.15, 0.2) is 6.20 Å². The molecule has 106 valence electrons. The highest BCUT2D eigenvalue weighted by Crippen LogP contribution is 2.29. The maximum atomic E-state index is 11.1. The van der Waals surface area contributed by atoms with Crippen LogP contribution in [0.1, 0.15) is 37.1 Å². The molecule has 1 saturated heterocycles. The first kappa shape index (κ1) is 14.4. The number of aromatic nitrogens is 1. The normalized spacial score (nSPS) is 24.8. The molecule has 0 spiro atoms. The van der Waals surface area contributed by atoms with Crippen LogP contribution in [0, 0.1) is 0 Å². The van der Waals surface area contributed by atoms with Crippen LogP contribution in [0.25, 0.3) is 0 Å². The molecule has 19 heavy (non-hydrogen) atoms. The lowest BCUT2D eigenvalue weighted by atomic mass is 9.98. The highest BCUT2D eigenvalue weighted by molar-refractivity contribution is 7.11. The number of thiazole rings is 1. The Morgan fingerprint density at radius 3 is 2.79 bits per heavy atom.